The maximum Gasteiger partial charge on any atom is 0 e. The van der Waals surface area contributed by atoms with E-state index in [0.29, 0.717) is 24.2 Å². The van der Waals surface area contributed by atoms with Crippen molar-refractivity contribution < 1.29 is 40.8 Å². The molecule has 6 nitrogen and oxygen atoms in total. The van der Waals surface area contributed by atoms with Crippen LogP contribution in [0.3, 0.4) is 0 Å². The van der Waals surface area contributed by atoms with E-state index in [0.717, 1.165) is 29.9 Å². The van der Waals surface area contributed by atoms with Gasteiger partial charge >= 0.3 is 33.9 Å². The van der Waals surface area contributed by atoms with Crippen LogP contribution in [0.1, 0.15) is 61.6 Å². The van der Waals surface area contributed by atoms with Crippen LogP contribution < -0.4 is 9.47 Å². The van der Waals surface area contributed by atoms with Crippen LogP contribution in [-0.4, -0.2) is 14.2 Å². The number of hydrogen-bond donors (Lipinski definition) is 0. The van der Waals surface area contributed by atoms with Crippen molar-refractivity contribution in [1.82, 2.24) is 0 Å². The molecule has 0 amide bonds. The van der Waals surface area contributed by atoms with Gasteiger partial charge in [0.2, 0.25) is 0 Å². The smallest absolute Gasteiger partial charge is 0 e. The van der Waals surface area contributed by atoms with Gasteiger partial charge in [-0.1, -0.05) is 19.9 Å². The predicted octanol–water partition coefficient (Wildman–Crippen LogP) is 4.43. The van der Waals surface area contributed by atoms with E-state index in [9.17, 15) is 0 Å². The van der Waals surface area contributed by atoms with E-state index >= 15 is 0 Å². The molecule has 7 heteroatoms. The minimum absolute atomic E-state index is 0. The molecule has 0 aromatic heterocycles. The van der Waals surface area contributed by atoms with Crippen molar-refractivity contribution in [3.8, 4) is 17.6 Å². The van der Waals surface area contributed by atoms with Crippen LogP contribution in [-0.2, 0) is 31.3 Å². The van der Waals surface area contributed by atoms with Crippen molar-refractivity contribution in [2.45, 2.75) is 51.9 Å². The van der Waals surface area contributed by atoms with Crippen LogP contribution in [0.2, 0.25) is 0 Å². The first-order valence-corrected chi connectivity index (χ1v) is 8.28. The zero-order chi connectivity index (χ0) is 21.6. The number of benzene rings is 1. The monoisotopic (exact) mass is 423 g/mol. The molecule has 1 aliphatic rings. The van der Waals surface area contributed by atoms with Crippen LogP contribution in [0, 0.1) is 44.1 Å². The van der Waals surface area contributed by atoms with Gasteiger partial charge in [-0.2, -0.15) is 5.26 Å². The van der Waals surface area contributed by atoms with Gasteiger partial charge < -0.3 is 9.47 Å². The van der Waals surface area contributed by atoms with E-state index in [1.165, 1.54) is 11.1 Å². The zero-order valence-electron chi connectivity index (χ0n) is 16.8. The molecule has 0 unspecified atom stereocenters. The first kappa shape index (κ1) is 30.8. The van der Waals surface area contributed by atoms with Crippen molar-refractivity contribution in [1.29, 1.82) is 5.26 Å². The fourth-order valence-corrected chi connectivity index (χ4v) is 3.69. The van der Waals surface area contributed by atoms with E-state index in [-0.39, 0.29) is 17.4 Å². The normalized spacial score (nSPS) is 16.8. The Bertz CT molecular complexity index is 676. The van der Waals surface area contributed by atoms with Crippen LogP contribution in [0.15, 0.2) is 6.07 Å². The fourth-order valence-electron chi connectivity index (χ4n) is 3.69. The molecule has 0 bridgehead atoms. The molecule has 0 radical (unpaired) electrons. The summed E-state index contributed by atoms with van der Waals surface area (Å²) in [7, 11) is 3.41. The summed E-state index contributed by atoms with van der Waals surface area (Å²) in [5.41, 5.74) is 3.74. The van der Waals surface area contributed by atoms with Crippen LogP contribution in [0.25, 0.3) is 0 Å². The number of hydrogen-bond acceptors (Lipinski definition) is 3. The summed E-state index contributed by atoms with van der Waals surface area (Å²) >= 11 is 0. The van der Waals surface area contributed by atoms with Crippen LogP contribution in [0.4, 0.5) is 0 Å². The number of nitriles is 1. The van der Waals surface area contributed by atoms with E-state index in [1.807, 2.05) is 0 Å². The summed E-state index contributed by atoms with van der Waals surface area (Å²) in [6.07, 6.45) is 2.88. The summed E-state index contributed by atoms with van der Waals surface area (Å²) in [5.74, 6) is 3.01. The molecule has 1 aliphatic carbocycles. The third kappa shape index (κ3) is 7.23. The Balaban J connectivity index is -0.000000815. The molecule has 0 spiro atoms. The second-order valence-corrected chi connectivity index (χ2v) is 6.19. The molecule has 2 rings (SSSR count). The van der Waals surface area contributed by atoms with Crippen LogP contribution >= 0.6 is 0 Å². The Morgan fingerprint density at radius 2 is 1.61 bits per heavy atom. The average molecular weight is 423 g/mol. The topological polar surface area (TPSA) is 102 Å². The summed E-state index contributed by atoms with van der Waals surface area (Å²) in [5, 5.41) is 9.01. The molecule has 0 fully saturated rings. The largest absolute Gasteiger partial charge is 0 e. The molecule has 150 valence electrons. The second kappa shape index (κ2) is 17.2. The molecule has 1 aromatic rings. The van der Waals surface area contributed by atoms with Gasteiger partial charge in [-0.25, -0.2) is 0 Å². The number of methoxy groups -OCH3 is 2. The maximum atomic E-state index is 9.01. The van der Waals surface area contributed by atoms with Gasteiger partial charge in [0, 0.05) is 29.3 Å². The van der Waals surface area contributed by atoms with E-state index in [1.54, 1.807) is 14.2 Å². The Morgan fingerprint density at radius 1 is 1.11 bits per heavy atom. The molecule has 0 saturated carbocycles. The number of aryl methyl sites for hydroxylation is 1. The minimum Gasteiger partial charge on any atom is 0 e. The average Bonchev–Trinajstić information content (AvgIpc) is 2.71. The molecule has 0 saturated heterocycles. The van der Waals surface area contributed by atoms with Gasteiger partial charge in [-0.3, -0.25) is 0 Å². The number of fused-ring (bicyclic) bond motifs is 1. The third-order valence-corrected chi connectivity index (χ3v) is 4.80. The van der Waals surface area contributed by atoms with Gasteiger partial charge in [0.05, 0.1) is 20.3 Å². The number of ether oxygens (including phenoxy) is 2. The van der Waals surface area contributed by atoms with Crippen molar-refractivity contribution in [2.24, 2.45) is 5.92 Å². The standard InChI is InChI=1S/C18H25NO2.3CO.Cr/c1-11(8-9-19)14-7-6-12(2)16-15(14)10-13(3)17(20-4)18(16)21-5;3*1-2;/h10-12,14H,6-8H2,1-5H3;;;;/t11-,12+,14-;;;;/m1..../s1. The first-order valence-electron chi connectivity index (χ1n) is 8.28. The summed E-state index contributed by atoms with van der Waals surface area (Å²) in [6.45, 7) is 20.0. The third-order valence-electron chi connectivity index (χ3n) is 4.80. The zero-order valence-corrected chi connectivity index (χ0v) is 18.1. The Morgan fingerprint density at radius 3 is 2.04 bits per heavy atom. The Labute approximate surface area is 178 Å². The predicted molar refractivity (Wildman–Crippen MR) is 95.9 cm³/mol. The Kier molecular flexibility index (Phi) is 18.9. The van der Waals surface area contributed by atoms with Gasteiger partial charge in [-0.05, 0) is 48.6 Å². The number of nitrogens with zero attached hydrogens (tertiary/aromatic N) is 1. The van der Waals surface area contributed by atoms with Crippen molar-refractivity contribution in [2.75, 3.05) is 14.2 Å². The molecule has 3 atom stereocenters. The Hall–Kier alpha value is -1.94. The van der Waals surface area contributed by atoms with Crippen molar-refractivity contribution in [3.05, 3.63) is 42.7 Å². The fraction of sp³-hybridized carbons (Fsp3) is 0.524. The van der Waals surface area contributed by atoms with Gasteiger partial charge in [0.1, 0.15) is 0 Å². The molecule has 0 aliphatic heterocycles. The summed E-state index contributed by atoms with van der Waals surface area (Å²) in [6, 6.07) is 4.56. The van der Waals surface area contributed by atoms with Gasteiger partial charge in [0.25, 0.3) is 0 Å². The number of rotatable bonds is 4. The SMILES string of the molecule is COc1c(C)cc2c(c1OC)[C@@H](C)CC[C@@H]2[C@H](C)CC#N.[C-]#[O+].[C-]#[O+].[C-]#[O+].[Cr]. The maximum absolute atomic E-state index is 9.01. The molecule has 1 aromatic carbocycles. The molecular weight excluding hydrogens is 398 g/mol. The van der Waals surface area contributed by atoms with E-state index in [4.69, 9.17) is 28.7 Å². The van der Waals surface area contributed by atoms with Gasteiger partial charge in [0.15, 0.2) is 11.5 Å². The minimum atomic E-state index is 0. The van der Waals surface area contributed by atoms with E-state index in [2.05, 4.69) is 52.9 Å². The quantitative estimate of drug-likeness (QED) is 0.529. The summed E-state index contributed by atoms with van der Waals surface area (Å²) < 4.78 is 33.7. The second-order valence-electron chi connectivity index (χ2n) is 6.19. The molecule has 0 N–H and O–H groups in total. The van der Waals surface area contributed by atoms with Crippen molar-refractivity contribution >= 4 is 0 Å². The van der Waals surface area contributed by atoms with Crippen molar-refractivity contribution in [3.63, 3.8) is 0 Å². The molecule has 0 heterocycles. The summed E-state index contributed by atoms with van der Waals surface area (Å²) in [4.78, 5) is 0. The molecule has 28 heavy (non-hydrogen) atoms. The van der Waals surface area contributed by atoms with Crippen LogP contribution in [0.5, 0.6) is 11.5 Å². The first-order chi connectivity index (χ1) is 13.0. The van der Waals surface area contributed by atoms with Gasteiger partial charge in [-0.15, -0.1) is 0 Å². The molecular formula is C21H25CrNO5. The van der Waals surface area contributed by atoms with E-state index < -0.39 is 0 Å².